The second-order valence-corrected chi connectivity index (χ2v) is 5.08. The third-order valence-electron chi connectivity index (χ3n) is 3.61. The Hall–Kier alpha value is -1.57. The van der Waals surface area contributed by atoms with E-state index >= 15 is 0 Å². The van der Waals surface area contributed by atoms with Crippen LogP contribution in [0.15, 0.2) is 6.07 Å². The van der Waals surface area contributed by atoms with Crippen LogP contribution >= 0.6 is 0 Å². The number of alkyl halides is 3. The van der Waals surface area contributed by atoms with Gasteiger partial charge in [0.25, 0.3) is 0 Å². The summed E-state index contributed by atoms with van der Waals surface area (Å²) in [5.41, 5.74) is 2.13. The topological polar surface area (TPSA) is 75.9 Å². The van der Waals surface area contributed by atoms with Crippen LogP contribution in [0.3, 0.4) is 0 Å². The zero-order chi connectivity index (χ0) is 14.8. The third kappa shape index (κ3) is 3.50. The summed E-state index contributed by atoms with van der Waals surface area (Å²) in [5, 5.41) is 3.02. The number of aromatic nitrogens is 2. The number of rotatable bonds is 4. The van der Waals surface area contributed by atoms with Gasteiger partial charge in [0.2, 0.25) is 5.82 Å². The van der Waals surface area contributed by atoms with Crippen LogP contribution in [0.2, 0.25) is 0 Å². The number of hydrazine groups is 1. The highest BCUT2D eigenvalue weighted by atomic mass is 19.4. The lowest BCUT2D eigenvalue weighted by Crippen LogP contribution is -2.25. The van der Waals surface area contributed by atoms with Gasteiger partial charge >= 0.3 is 6.18 Å². The molecule has 20 heavy (non-hydrogen) atoms. The number of nitrogens with one attached hydrogen (secondary N) is 2. The first-order valence-electron chi connectivity index (χ1n) is 6.59. The third-order valence-corrected chi connectivity index (χ3v) is 3.61. The molecule has 1 saturated carbocycles. The summed E-state index contributed by atoms with van der Waals surface area (Å²) in [6, 6.07) is 1.44. The van der Waals surface area contributed by atoms with E-state index in [-0.39, 0.29) is 17.7 Å². The molecule has 1 aliphatic rings. The normalized spacial score (nSPS) is 18.1. The zero-order valence-electron chi connectivity index (χ0n) is 11.2. The SMILES string of the molecule is CC(Nc1cc(NN)nc(C(F)(F)F)n1)C1CCCC1. The standard InChI is InChI=1S/C12H18F3N5/c1-7(8-4-2-3-5-8)17-9-6-10(20-16)19-11(18-9)12(13,14)15/h6-8H,2-5,16H2,1H3,(H2,17,18,19,20). The first-order chi connectivity index (χ1) is 9.40. The number of nitrogen functional groups attached to an aromatic ring is 1. The summed E-state index contributed by atoms with van der Waals surface area (Å²) in [4.78, 5) is 6.84. The fraction of sp³-hybridized carbons (Fsp3) is 0.667. The van der Waals surface area contributed by atoms with Crippen molar-refractivity contribution in [2.24, 2.45) is 11.8 Å². The lowest BCUT2D eigenvalue weighted by Gasteiger charge is -2.21. The molecule has 1 unspecified atom stereocenters. The van der Waals surface area contributed by atoms with E-state index in [1.54, 1.807) is 0 Å². The molecule has 0 saturated heterocycles. The summed E-state index contributed by atoms with van der Waals surface area (Å²) in [5.74, 6) is 4.49. The number of anilines is 2. The molecule has 4 N–H and O–H groups in total. The van der Waals surface area contributed by atoms with Crippen LogP contribution in [0.1, 0.15) is 38.4 Å². The summed E-state index contributed by atoms with van der Waals surface area (Å²) in [7, 11) is 0. The van der Waals surface area contributed by atoms with E-state index in [0.29, 0.717) is 5.92 Å². The summed E-state index contributed by atoms with van der Waals surface area (Å²) < 4.78 is 38.1. The number of nitrogens with zero attached hydrogens (tertiary/aromatic N) is 2. The second-order valence-electron chi connectivity index (χ2n) is 5.08. The molecule has 8 heteroatoms. The first-order valence-corrected chi connectivity index (χ1v) is 6.59. The van der Waals surface area contributed by atoms with Crippen molar-refractivity contribution < 1.29 is 13.2 Å². The van der Waals surface area contributed by atoms with Crippen LogP contribution in [-0.2, 0) is 6.18 Å². The Kier molecular flexibility index (Phi) is 4.32. The summed E-state index contributed by atoms with van der Waals surface area (Å²) in [6.45, 7) is 1.96. The van der Waals surface area contributed by atoms with Crippen molar-refractivity contribution in [2.45, 2.75) is 44.8 Å². The van der Waals surface area contributed by atoms with Crippen LogP contribution in [0.5, 0.6) is 0 Å². The Balaban J connectivity index is 2.17. The first kappa shape index (κ1) is 14.8. The largest absolute Gasteiger partial charge is 0.451 e. The molecule has 0 aliphatic heterocycles. The predicted molar refractivity (Wildman–Crippen MR) is 69.9 cm³/mol. The molecule has 1 aromatic rings. The van der Waals surface area contributed by atoms with Crippen molar-refractivity contribution in [3.63, 3.8) is 0 Å². The van der Waals surface area contributed by atoms with Crippen molar-refractivity contribution in [3.05, 3.63) is 11.9 Å². The molecule has 0 amide bonds. The quantitative estimate of drug-likeness (QED) is 0.587. The Bertz CT molecular complexity index is 457. The van der Waals surface area contributed by atoms with Gasteiger partial charge in [0.05, 0.1) is 0 Å². The van der Waals surface area contributed by atoms with Crippen LogP contribution < -0.4 is 16.6 Å². The molecule has 1 aromatic heterocycles. The maximum atomic E-state index is 12.7. The van der Waals surface area contributed by atoms with Gasteiger partial charge in [-0.2, -0.15) is 13.2 Å². The Morgan fingerprint density at radius 1 is 1.25 bits per heavy atom. The van der Waals surface area contributed by atoms with Gasteiger partial charge in [-0.15, -0.1) is 0 Å². The number of hydrogen-bond acceptors (Lipinski definition) is 5. The van der Waals surface area contributed by atoms with Crippen molar-refractivity contribution in [1.29, 1.82) is 0 Å². The molecular formula is C12H18F3N5. The van der Waals surface area contributed by atoms with Gasteiger partial charge < -0.3 is 10.7 Å². The zero-order valence-corrected chi connectivity index (χ0v) is 11.2. The molecule has 1 atom stereocenters. The minimum absolute atomic E-state index is 0.0616. The van der Waals surface area contributed by atoms with E-state index in [9.17, 15) is 13.2 Å². The van der Waals surface area contributed by atoms with Crippen LogP contribution in [-0.4, -0.2) is 16.0 Å². The van der Waals surface area contributed by atoms with E-state index in [1.807, 2.05) is 6.92 Å². The minimum Gasteiger partial charge on any atom is -0.367 e. The fourth-order valence-electron chi connectivity index (χ4n) is 2.53. The van der Waals surface area contributed by atoms with Gasteiger partial charge in [-0.25, -0.2) is 15.8 Å². The predicted octanol–water partition coefficient (Wildman–Crippen LogP) is 2.77. The smallest absolute Gasteiger partial charge is 0.367 e. The molecule has 0 aromatic carbocycles. The Labute approximate surface area is 115 Å². The van der Waals surface area contributed by atoms with Gasteiger partial charge in [0.1, 0.15) is 11.6 Å². The highest BCUT2D eigenvalue weighted by Crippen LogP contribution is 2.31. The molecule has 0 spiro atoms. The van der Waals surface area contributed by atoms with Crippen molar-refractivity contribution >= 4 is 11.6 Å². The maximum absolute atomic E-state index is 12.7. The van der Waals surface area contributed by atoms with Gasteiger partial charge in [-0.1, -0.05) is 12.8 Å². The van der Waals surface area contributed by atoms with Gasteiger partial charge in [-0.3, -0.25) is 0 Å². The number of hydrogen-bond donors (Lipinski definition) is 3. The van der Waals surface area contributed by atoms with E-state index in [1.165, 1.54) is 18.9 Å². The molecule has 1 aliphatic carbocycles. The molecule has 112 valence electrons. The second kappa shape index (κ2) is 5.82. The van der Waals surface area contributed by atoms with E-state index in [4.69, 9.17) is 5.84 Å². The molecule has 1 heterocycles. The molecule has 5 nitrogen and oxygen atoms in total. The Morgan fingerprint density at radius 3 is 2.40 bits per heavy atom. The molecule has 0 radical (unpaired) electrons. The van der Waals surface area contributed by atoms with E-state index in [0.717, 1.165) is 12.8 Å². The van der Waals surface area contributed by atoms with Crippen LogP contribution in [0.4, 0.5) is 24.8 Å². The maximum Gasteiger partial charge on any atom is 0.451 e. The average molecular weight is 289 g/mol. The molecule has 2 rings (SSSR count). The lowest BCUT2D eigenvalue weighted by molar-refractivity contribution is -0.144. The summed E-state index contributed by atoms with van der Waals surface area (Å²) in [6.07, 6.45) is -0.0750. The van der Waals surface area contributed by atoms with Gasteiger partial charge in [0, 0.05) is 12.1 Å². The monoisotopic (exact) mass is 289 g/mol. The van der Waals surface area contributed by atoms with E-state index in [2.05, 4.69) is 20.7 Å². The fourth-order valence-corrected chi connectivity index (χ4v) is 2.53. The van der Waals surface area contributed by atoms with Crippen LogP contribution in [0.25, 0.3) is 0 Å². The Morgan fingerprint density at radius 2 is 1.85 bits per heavy atom. The minimum atomic E-state index is -4.60. The number of nitrogens with two attached hydrogens (primary N) is 1. The van der Waals surface area contributed by atoms with Gasteiger partial charge in [0.15, 0.2) is 0 Å². The van der Waals surface area contributed by atoms with Crippen molar-refractivity contribution in [1.82, 2.24) is 9.97 Å². The van der Waals surface area contributed by atoms with E-state index < -0.39 is 12.0 Å². The van der Waals surface area contributed by atoms with Crippen LogP contribution in [0, 0.1) is 5.92 Å². The average Bonchev–Trinajstić information content (AvgIpc) is 2.91. The highest BCUT2D eigenvalue weighted by molar-refractivity contribution is 5.47. The molecular weight excluding hydrogens is 271 g/mol. The highest BCUT2D eigenvalue weighted by Gasteiger charge is 2.35. The van der Waals surface area contributed by atoms with Gasteiger partial charge in [-0.05, 0) is 25.7 Å². The van der Waals surface area contributed by atoms with Crippen molar-refractivity contribution in [2.75, 3.05) is 10.7 Å². The number of halogens is 3. The summed E-state index contributed by atoms with van der Waals surface area (Å²) >= 11 is 0. The lowest BCUT2D eigenvalue weighted by atomic mass is 10.00. The van der Waals surface area contributed by atoms with Crippen molar-refractivity contribution in [3.8, 4) is 0 Å². The molecule has 0 bridgehead atoms. The molecule has 1 fully saturated rings.